The van der Waals surface area contributed by atoms with E-state index < -0.39 is 0 Å². The van der Waals surface area contributed by atoms with Gasteiger partial charge < -0.3 is 9.47 Å². The summed E-state index contributed by atoms with van der Waals surface area (Å²) in [6.45, 7) is 4.99. The molecular formula is C14H28O3. The molecule has 102 valence electrons. The number of carbonyl (C=O) groups is 1. The molecule has 1 unspecified atom stereocenters. The van der Waals surface area contributed by atoms with Gasteiger partial charge in [0.1, 0.15) is 0 Å². The van der Waals surface area contributed by atoms with Crippen molar-refractivity contribution in [2.75, 3.05) is 13.7 Å². The van der Waals surface area contributed by atoms with Gasteiger partial charge in [-0.2, -0.15) is 0 Å². The minimum Gasteiger partial charge on any atom is -0.467 e. The third-order valence-corrected chi connectivity index (χ3v) is 2.85. The van der Waals surface area contributed by atoms with Crippen LogP contribution in [0.2, 0.25) is 0 Å². The maximum absolute atomic E-state index is 11.4. The molecule has 3 nitrogen and oxygen atoms in total. The molecule has 1 atom stereocenters. The van der Waals surface area contributed by atoms with Crippen molar-refractivity contribution in [2.45, 2.75) is 71.3 Å². The number of rotatable bonds is 11. The molecule has 0 aliphatic rings. The van der Waals surface area contributed by atoms with E-state index in [1.807, 2.05) is 0 Å². The van der Waals surface area contributed by atoms with Crippen LogP contribution in [0.4, 0.5) is 0 Å². The summed E-state index contributed by atoms with van der Waals surface area (Å²) in [6, 6.07) is 0. The van der Waals surface area contributed by atoms with E-state index in [0.29, 0.717) is 6.61 Å². The van der Waals surface area contributed by atoms with Crippen LogP contribution in [-0.2, 0) is 14.3 Å². The molecule has 0 fully saturated rings. The second-order valence-electron chi connectivity index (χ2n) is 4.44. The van der Waals surface area contributed by atoms with E-state index in [4.69, 9.17) is 9.47 Å². The fraction of sp³-hybridized carbons (Fsp3) is 0.929. The molecule has 0 aromatic heterocycles. The fourth-order valence-corrected chi connectivity index (χ4v) is 1.72. The molecule has 0 heterocycles. The van der Waals surface area contributed by atoms with Crippen LogP contribution >= 0.6 is 0 Å². The lowest BCUT2D eigenvalue weighted by atomic mass is 10.1. The summed E-state index contributed by atoms with van der Waals surface area (Å²) in [6.07, 6.45) is 8.54. The van der Waals surface area contributed by atoms with Crippen LogP contribution in [0, 0.1) is 0 Å². The Morgan fingerprint density at radius 1 is 1.00 bits per heavy atom. The molecular weight excluding hydrogens is 216 g/mol. The SMILES string of the molecule is CCCCCCCOC(CCCC)C(=O)OC. The molecule has 0 amide bonds. The van der Waals surface area contributed by atoms with Crippen molar-refractivity contribution < 1.29 is 14.3 Å². The zero-order valence-electron chi connectivity index (χ0n) is 11.7. The van der Waals surface area contributed by atoms with Crippen molar-refractivity contribution in [3.63, 3.8) is 0 Å². The van der Waals surface area contributed by atoms with Crippen LogP contribution in [0.1, 0.15) is 65.2 Å². The third-order valence-electron chi connectivity index (χ3n) is 2.85. The molecule has 0 bridgehead atoms. The molecule has 0 saturated heterocycles. The van der Waals surface area contributed by atoms with Crippen molar-refractivity contribution in [3.8, 4) is 0 Å². The maximum atomic E-state index is 11.4. The first-order chi connectivity index (χ1) is 8.26. The summed E-state index contributed by atoms with van der Waals surface area (Å²) >= 11 is 0. The highest BCUT2D eigenvalue weighted by atomic mass is 16.6. The Balaban J connectivity index is 3.64. The Bertz CT molecular complexity index is 180. The molecule has 3 heteroatoms. The summed E-state index contributed by atoms with van der Waals surface area (Å²) in [5.41, 5.74) is 0. The van der Waals surface area contributed by atoms with E-state index in [9.17, 15) is 4.79 Å². The summed E-state index contributed by atoms with van der Waals surface area (Å²) in [4.78, 5) is 11.4. The van der Waals surface area contributed by atoms with Gasteiger partial charge in [-0.3, -0.25) is 0 Å². The fourth-order valence-electron chi connectivity index (χ4n) is 1.72. The van der Waals surface area contributed by atoms with Crippen molar-refractivity contribution in [1.29, 1.82) is 0 Å². The lowest BCUT2D eigenvalue weighted by Gasteiger charge is -2.15. The zero-order chi connectivity index (χ0) is 12.9. The van der Waals surface area contributed by atoms with Crippen molar-refractivity contribution in [2.24, 2.45) is 0 Å². The summed E-state index contributed by atoms with van der Waals surface area (Å²) in [5, 5.41) is 0. The molecule has 0 aliphatic heterocycles. The molecule has 0 spiro atoms. The average molecular weight is 244 g/mol. The van der Waals surface area contributed by atoms with Gasteiger partial charge in [0.15, 0.2) is 6.10 Å². The lowest BCUT2D eigenvalue weighted by Crippen LogP contribution is -2.26. The summed E-state index contributed by atoms with van der Waals surface area (Å²) in [5.74, 6) is -0.230. The van der Waals surface area contributed by atoms with E-state index in [0.717, 1.165) is 25.7 Å². The van der Waals surface area contributed by atoms with Crippen LogP contribution in [-0.4, -0.2) is 25.8 Å². The second kappa shape index (κ2) is 11.9. The van der Waals surface area contributed by atoms with Gasteiger partial charge in [0.05, 0.1) is 7.11 Å². The lowest BCUT2D eigenvalue weighted by molar-refractivity contribution is -0.154. The van der Waals surface area contributed by atoms with E-state index >= 15 is 0 Å². The molecule has 0 rings (SSSR count). The maximum Gasteiger partial charge on any atom is 0.334 e. The predicted molar refractivity (Wildman–Crippen MR) is 70.0 cm³/mol. The van der Waals surface area contributed by atoms with Crippen LogP contribution < -0.4 is 0 Å². The van der Waals surface area contributed by atoms with Gasteiger partial charge >= 0.3 is 5.97 Å². The number of esters is 1. The Labute approximate surface area is 106 Å². The van der Waals surface area contributed by atoms with Gasteiger partial charge in [-0.05, 0) is 12.8 Å². The van der Waals surface area contributed by atoms with Crippen molar-refractivity contribution >= 4 is 5.97 Å². The predicted octanol–water partition coefficient (Wildman–Crippen LogP) is 3.71. The van der Waals surface area contributed by atoms with Crippen LogP contribution in [0.25, 0.3) is 0 Å². The molecule has 0 radical (unpaired) electrons. The number of unbranched alkanes of at least 4 members (excludes halogenated alkanes) is 5. The van der Waals surface area contributed by atoms with Crippen molar-refractivity contribution in [1.82, 2.24) is 0 Å². The molecule has 17 heavy (non-hydrogen) atoms. The Kier molecular flexibility index (Phi) is 11.5. The molecule has 0 aliphatic carbocycles. The largest absolute Gasteiger partial charge is 0.467 e. The Morgan fingerprint density at radius 3 is 2.24 bits per heavy atom. The molecule has 0 saturated carbocycles. The highest BCUT2D eigenvalue weighted by Gasteiger charge is 2.18. The first-order valence-corrected chi connectivity index (χ1v) is 6.95. The Morgan fingerprint density at radius 2 is 1.65 bits per heavy atom. The first kappa shape index (κ1) is 16.4. The van der Waals surface area contributed by atoms with Gasteiger partial charge in [-0.1, -0.05) is 52.4 Å². The van der Waals surface area contributed by atoms with Crippen LogP contribution in [0.5, 0.6) is 0 Å². The monoisotopic (exact) mass is 244 g/mol. The van der Waals surface area contributed by atoms with E-state index in [-0.39, 0.29) is 12.1 Å². The van der Waals surface area contributed by atoms with Gasteiger partial charge in [-0.15, -0.1) is 0 Å². The molecule has 0 aromatic carbocycles. The Hall–Kier alpha value is -0.570. The topological polar surface area (TPSA) is 35.5 Å². The third kappa shape index (κ3) is 9.16. The zero-order valence-corrected chi connectivity index (χ0v) is 11.7. The van der Waals surface area contributed by atoms with Crippen LogP contribution in [0.15, 0.2) is 0 Å². The van der Waals surface area contributed by atoms with E-state index in [2.05, 4.69) is 13.8 Å². The highest BCUT2D eigenvalue weighted by Crippen LogP contribution is 2.09. The summed E-state index contributed by atoms with van der Waals surface area (Å²) in [7, 11) is 1.42. The minimum absolute atomic E-state index is 0.230. The van der Waals surface area contributed by atoms with Gasteiger partial charge in [0, 0.05) is 6.61 Å². The highest BCUT2D eigenvalue weighted by molar-refractivity contribution is 5.74. The smallest absolute Gasteiger partial charge is 0.334 e. The number of ether oxygens (including phenoxy) is 2. The molecule has 0 N–H and O–H groups in total. The normalized spacial score (nSPS) is 12.4. The number of methoxy groups -OCH3 is 1. The van der Waals surface area contributed by atoms with E-state index in [1.54, 1.807) is 0 Å². The van der Waals surface area contributed by atoms with Gasteiger partial charge in [0.2, 0.25) is 0 Å². The van der Waals surface area contributed by atoms with Gasteiger partial charge in [-0.25, -0.2) is 4.79 Å². The number of hydrogen-bond acceptors (Lipinski definition) is 3. The van der Waals surface area contributed by atoms with Gasteiger partial charge in [0.25, 0.3) is 0 Å². The summed E-state index contributed by atoms with van der Waals surface area (Å²) < 4.78 is 10.3. The van der Waals surface area contributed by atoms with E-state index in [1.165, 1.54) is 32.8 Å². The quantitative estimate of drug-likeness (QED) is 0.410. The first-order valence-electron chi connectivity index (χ1n) is 6.95. The number of hydrogen-bond donors (Lipinski definition) is 0. The standard InChI is InChI=1S/C14H28O3/c1-4-6-8-9-10-12-17-13(11-7-5-2)14(15)16-3/h13H,4-12H2,1-3H3. The molecule has 0 aromatic rings. The number of carbonyl (C=O) groups excluding carboxylic acids is 1. The minimum atomic E-state index is -0.355. The van der Waals surface area contributed by atoms with Crippen LogP contribution in [0.3, 0.4) is 0 Å². The average Bonchev–Trinajstić information content (AvgIpc) is 2.36. The second-order valence-corrected chi connectivity index (χ2v) is 4.44. The van der Waals surface area contributed by atoms with Crippen molar-refractivity contribution in [3.05, 3.63) is 0 Å².